The van der Waals surface area contributed by atoms with Gasteiger partial charge in [0, 0.05) is 33.8 Å². The average Bonchev–Trinajstić information content (AvgIpc) is 2.92. The second-order valence-corrected chi connectivity index (χ2v) is 10.3. The van der Waals surface area contributed by atoms with Crippen LogP contribution in [-0.4, -0.2) is 30.1 Å². The SMILES string of the molecule is C=C/C=C(\C(=C)Cl)c1ccc(CCNC(=O)c2ccc(Oc3cc4c(cc3Cl)C(C(=O)O)CCO4)cc2)c(Cl)c1. The van der Waals surface area contributed by atoms with Gasteiger partial charge in [-0.15, -0.1) is 0 Å². The lowest BCUT2D eigenvalue weighted by molar-refractivity contribution is -0.139. The van der Waals surface area contributed by atoms with Gasteiger partial charge in [0.25, 0.3) is 5.91 Å². The fourth-order valence-electron chi connectivity index (χ4n) is 4.32. The van der Waals surface area contributed by atoms with Gasteiger partial charge < -0.3 is 19.9 Å². The molecule has 2 N–H and O–H groups in total. The standard InChI is InChI=1S/C31H26Cl3NO5/c1-3-4-23(18(2)32)21-6-5-19(26(33)15-21)11-13-35-30(36)20-7-9-22(10-8-20)40-29-17-28-25(16-27(29)34)24(31(37)38)12-14-39-28/h3-10,15-17,24H,1-2,11-14H2,(H,35,36)(H,37,38)/b23-4+. The molecule has 0 radical (unpaired) electrons. The zero-order chi connectivity index (χ0) is 28.8. The maximum Gasteiger partial charge on any atom is 0.311 e. The molecule has 0 bridgehead atoms. The molecule has 1 aliphatic rings. The first-order chi connectivity index (χ1) is 19.2. The number of fused-ring (bicyclic) bond motifs is 1. The zero-order valence-corrected chi connectivity index (χ0v) is 23.7. The summed E-state index contributed by atoms with van der Waals surface area (Å²) >= 11 is 18.9. The van der Waals surface area contributed by atoms with E-state index in [0.29, 0.717) is 64.4 Å². The van der Waals surface area contributed by atoms with E-state index in [1.165, 1.54) is 0 Å². The van der Waals surface area contributed by atoms with Gasteiger partial charge in [-0.1, -0.05) is 72.2 Å². The van der Waals surface area contributed by atoms with E-state index in [2.05, 4.69) is 18.5 Å². The summed E-state index contributed by atoms with van der Waals surface area (Å²) in [5.74, 6) is -0.620. The highest BCUT2D eigenvalue weighted by atomic mass is 35.5. The van der Waals surface area contributed by atoms with Crippen molar-refractivity contribution in [3.8, 4) is 17.2 Å². The van der Waals surface area contributed by atoms with E-state index < -0.39 is 11.9 Å². The normalized spacial score (nSPS) is 14.5. The third-order valence-electron chi connectivity index (χ3n) is 6.37. The minimum absolute atomic E-state index is 0.242. The molecule has 1 unspecified atom stereocenters. The largest absolute Gasteiger partial charge is 0.493 e. The number of hydrogen-bond donors (Lipinski definition) is 2. The molecule has 0 aliphatic carbocycles. The van der Waals surface area contributed by atoms with Gasteiger partial charge in [-0.2, -0.15) is 0 Å². The van der Waals surface area contributed by atoms with Crippen LogP contribution < -0.4 is 14.8 Å². The van der Waals surface area contributed by atoms with Crippen LogP contribution in [0.5, 0.6) is 17.2 Å². The summed E-state index contributed by atoms with van der Waals surface area (Å²) in [4.78, 5) is 24.2. The van der Waals surface area contributed by atoms with Crippen molar-refractivity contribution < 1.29 is 24.2 Å². The number of carbonyl (C=O) groups excluding carboxylic acids is 1. The molecule has 0 saturated heterocycles. The van der Waals surface area contributed by atoms with E-state index in [0.717, 1.165) is 16.7 Å². The van der Waals surface area contributed by atoms with Crippen molar-refractivity contribution in [2.45, 2.75) is 18.8 Å². The fourth-order valence-corrected chi connectivity index (χ4v) is 4.97. The molecule has 4 rings (SSSR count). The lowest BCUT2D eigenvalue weighted by Crippen LogP contribution is -2.25. The van der Waals surface area contributed by atoms with Crippen LogP contribution in [0.1, 0.15) is 39.4 Å². The Morgan fingerprint density at radius 3 is 2.45 bits per heavy atom. The first kappa shape index (κ1) is 29.3. The molecule has 1 amide bonds. The summed E-state index contributed by atoms with van der Waals surface area (Å²) in [6.45, 7) is 8.15. The van der Waals surface area contributed by atoms with Crippen LogP contribution in [-0.2, 0) is 11.2 Å². The van der Waals surface area contributed by atoms with Crippen LogP contribution in [0.2, 0.25) is 10.0 Å². The van der Waals surface area contributed by atoms with Crippen LogP contribution in [0.3, 0.4) is 0 Å². The molecule has 0 saturated carbocycles. The number of rotatable bonds is 10. The summed E-state index contributed by atoms with van der Waals surface area (Å²) in [5, 5.41) is 13.6. The molecule has 3 aromatic rings. The Hall–Kier alpha value is -3.71. The number of aliphatic carboxylic acids is 1. The van der Waals surface area contributed by atoms with E-state index in [-0.39, 0.29) is 10.9 Å². The number of carboxylic acid groups (broad SMARTS) is 1. The number of hydrogen-bond acceptors (Lipinski definition) is 4. The van der Waals surface area contributed by atoms with Gasteiger partial charge in [0.1, 0.15) is 17.2 Å². The number of allylic oxidation sites excluding steroid dienone is 4. The first-order valence-electron chi connectivity index (χ1n) is 12.4. The second-order valence-electron chi connectivity index (χ2n) is 9.01. The lowest BCUT2D eigenvalue weighted by Gasteiger charge is -2.24. The number of amides is 1. The Morgan fingerprint density at radius 1 is 1.07 bits per heavy atom. The molecule has 0 spiro atoms. The molecule has 1 heterocycles. The number of halogens is 3. The van der Waals surface area contributed by atoms with Crippen LogP contribution >= 0.6 is 34.8 Å². The molecule has 3 aromatic carbocycles. The minimum Gasteiger partial charge on any atom is -0.493 e. The zero-order valence-electron chi connectivity index (χ0n) is 21.4. The van der Waals surface area contributed by atoms with Gasteiger partial charge in [0.15, 0.2) is 0 Å². The summed E-state index contributed by atoms with van der Waals surface area (Å²) in [6.07, 6.45) is 4.32. The molecule has 1 atom stereocenters. The van der Waals surface area contributed by atoms with Gasteiger partial charge >= 0.3 is 5.97 Å². The van der Waals surface area contributed by atoms with Gasteiger partial charge in [-0.3, -0.25) is 9.59 Å². The highest BCUT2D eigenvalue weighted by Crippen LogP contribution is 2.41. The molecular formula is C31H26Cl3NO5. The van der Waals surface area contributed by atoms with Gasteiger partial charge in [-0.25, -0.2) is 0 Å². The number of benzene rings is 3. The van der Waals surface area contributed by atoms with Gasteiger partial charge in [0.2, 0.25) is 0 Å². The third kappa shape index (κ3) is 6.89. The van der Waals surface area contributed by atoms with Crippen molar-refractivity contribution >= 4 is 52.3 Å². The number of nitrogens with one attached hydrogen (secondary N) is 1. The van der Waals surface area contributed by atoms with Gasteiger partial charge in [0.05, 0.1) is 17.5 Å². The van der Waals surface area contributed by atoms with Crippen LogP contribution in [0.25, 0.3) is 5.57 Å². The number of carboxylic acids is 1. The summed E-state index contributed by atoms with van der Waals surface area (Å²) in [7, 11) is 0. The maximum absolute atomic E-state index is 12.7. The van der Waals surface area contributed by atoms with Crippen molar-refractivity contribution in [3.63, 3.8) is 0 Å². The van der Waals surface area contributed by atoms with Crippen molar-refractivity contribution in [3.05, 3.63) is 117 Å². The molecular weight excluding hydrogens is 573 g/mol. The lowest BCUT2D eigenvalue weighted by atomic mass is 9.93. The predicted octanol–water partition coefficient (Wildman–Crippen LogP) is 8.03. The summed E-state index contributed by atoms with van der Waals surface area (Å²) < 4.78 is 11.5. The van der Waals surface area contributed by atoms with Crippen LogP contribution in [0, 0.1) is 0 Å². The molecule has 0 fully saturated rings. The Labute approximate surface area is 247 Å². The monoisotopic (exact) mass is 597 g/mol. The molecule has 40 heavy (non-hydrogen) atoms. The molecule has 1 aliphatic heterocycles. The quantitative estimate of drug-likeness (QED) is 0.231. The third-order valence-corrected chi connectivity index (χ3v) is 7.22. The van der Waals surface area contributed by atoms with E-state index in [9.17, 15) is 14.7 Å². The fraction of sp³-hybridized carbons (Fsp3) is 0.161. The van der Waals surface area contributed by atoms with Crippen molar-refractivity contribution in [2.24, 2.45) is 0 Å². The maximum atomic E-state index is 12.7. The Bertz CT molecular complexity index is 1500. The van der Waals surface area contributed by atoms with Crippen molar-refractivity contribution in [1.29, 1.82) is 0 Å². The Kier molecular flexibility index (Phi) is 9.58. The van der Waals surface area contributed by atoms with E-state index in [1.54, 1.807) is 48.6 Å². The average molecular weight is 599 g/mol. The van der Waals surface area contributed by atoms with E-state index in [1.807, 2.05) is 18.2 Å². The summed E-state index contributed by atoms with van der Waals surface area (Å²) in [6, 6.07) is 15.4. The van der Waals surface area contributed by atoms with E-state index in [4.69, 9.17) is 44.3 Å². The number of carbonyl (C=O) groups is 2. The predicted molar refractivity (Wildman–Crippen MR) is 159 cm³/mol. The van der Waals surface area contributed by atoms with Crippen molar-refractivity contribution in [2.75, 3.05) is 13.2 Å². The Morgan fingerprint density at radius 2 is 1.80 bits per heavy atom. The topological polar surface area (TPSA) is 84.9 Å². The highest BCUT2D eigenvalue weighted by molar-refractivity contribution is 6.37. The minimum atomic E-state index is -0.923. The Balaban J connectivity index is 1.35. The van der Waals surface area contributed by atoms with Crippen LogP contribution in [0.15, 0.2) is 84.9 Å². The highest BCUT2D eigenvalue weighted by Gasteiger charge is 2.29. The second kappa shape index (κ2) is 13.1. The molecule has 6 nitrogen and oxygen atoms in total. The molecule has 206 valence electrons. The smallest absolute Gasteiger partial charge is 0.311 e. The van der Waals surface area contributed by atoms with E-state index >= 15 is 0 Å². The van der Waals surface area contributed by atoms with Crippen LogP contribution in [0.4, 0.5) is 0 Å². The number of ether oxygens (including phenoxy) is 2. The first-order valence-corrected chi connectivity index (χ1v) is 13.5. The molecule has 9 heteroatoms. The summed E-state index contributed by atoms with van der Waals surface area (Å²) in [5.41, 5.74) is 3.43. The molecule has 0 aromatic heterocycles. The van der Waals surface area contributed by atoms with Crippen molar-refractivity contribution in [1.82, 2.24) is 5.32 Å². The van der Waals surface area contributed by atoms with Gasteiger partial charge in [-0.05, 0) is 65.9 Å².